The van der Waals surface area contributed by atoms with Gasteiger partial charge in [0.05, 0.1) is 0 Å². The van der Waals surface area contributed by atoms with Crippen LogP contribution in [-0.4, -0.2) is 21.8 Å². The first-order valence-electron chi connectivity index (χ1n) is 3.01. The molecule has 12 heavy (non-hydrogen) atoms. The number of halogens is 1. The van der Waals surface area contributed by atoms with Gasteiger partial charge in [0, 0.05) is 0 Å². The number of aromatic nitrogens is 1. The molecule has 1 N–H and O–H groups in total. The van der Waals surface area contributed by atoms with Crippen LogP contribution in [0.4, 0.5) is 0 Å². The van der Waals surface area contributed by atoms with E-state index in [9.17, 15) is 9.59 Å². The molecule has 0 unspecified atom stereocenters. The molecule has 5 heteroatoms. The molecule has 0 radical (unpaired) electrons. The zero-order chi connectivity index (χ0) is 9.14. The smallest absolute Gasteiger partial charge is 0.378 e. The van der Waals surface area contributed by atoms with Gasteiger partial charge in [-0.05, 0) is 28.1 Å². The Balaban J connectivity index is 3.04. The number of carboxylic acids is 1. The fourth-order valence-corrected chi connectivity index (χ4v) is 0.988. The maximum atomic E-state index is 10.8. The molecule has 0 amide bonds. The largest absolute Gasteiger partial charge is 0.475 e. The zero-order valence-corrected chi connectivity index (χ0v) is 7.41. The van der Waals surface area contributed by atoms with Gasteiger partial charge in [0.25, 0.3) is 5.78 Å². The summed E-state index contributed by atoms with van der Waals surface area (Å²) in [5.74, 6) is -2.50. The molecule has 1 aromatic rings. The fourth-order valence-electron chi connectivity index (χ4n) is 0.644. The topological polar surface area (TPSA) is 67.3 Å². The van der Waals surface area contributed by atoms with E-state index in [-0.39, 0.29) is 5.69 Å². The molecule has 0 saturated heterocycles. The molecule has 0 aliphatic heterocycles. The van der Waals surface area contributed by atoms with Gasteiger partial charge in [0.15, 0.2) is 0 Å². The minimum Gasteiger partial charge on any atom is -0.475 e. The van der Waals surface area contributed by atoms with Crippen LogP contribution < -0.4 is 0 Å². The van der Waals surface area contributed by atoms with Crippen LogP contribution in [-0.2, 0) is 4.79 Å². The second-order valence-corrected chi connectivity index (χ2v) is 2.79. The van der Waals surface area contributed by atoms with Crippen molar-refractivity contribution in [1.29, 1.82) is 0 Å². The fraction of sp³-hybridized carbons (Fsp3) is 0. The van der Waals surface area contributed by atoms with Crippen LogP contribution in [0.25, 0.3) is 0 Å². The van der Waals surface area contributed by atoms with Crippen molar-refractivity contribution in [2.45, 2.75) is 0 Å². The molecule has 0 saturated carbocycles. The van der Waals surface area contributed by atoms with E-state index in [1.54, 1.807) is 12.1 Å². The molecule has 4 nitrogen and oxygen atoms in total. The third-order valence-corrected chi connectivity index (χ3v) is 1.58. The second-order valence-electron chi connectivity index (χ2n) is 1.98. The van der Waals surface area contributed by atoms with E-state index in [2.05, 4.69) is 20.9 Å². The summed E-state index contributed by atoms with van der Waals surface area (Å²) in [6, 6.07) is 4.51. The van der Waals surface area contributed by atoms with Gasteiger partial charge in [0.1, 0.15) is 10.3 Å². The summed E-state index contributed by atoms with van der Waals surface area (Å²) in [6.45, 7) is 0. The Kier molecular flexibility index (Phi) is 2.54. The molecule has 0 spiro atoms. The number of carbonyl (C=O) groups is 2. The number of ketones is 1. The lowest BCUT2D eigenvalue weighted by molar-refractivity contribution is -0.131. The molecule has 1 heterocycles. The van der Waals surface area contributed by atoms with Crippen molar-refractivity contribution in [3.8, 4) is 0 Å². The molecule has 62 valence electrons. The Morgan fingerprint density at radius 3 is 2.58 bits per heavy atom. The van der Waals surface area contributed by atoms with Crippen molar-refractivity contribution in [1.82, 2.24) is 4.98 Å². The second kappa shape index (κ2) is 3.44. The van der Waals surface area contributed by atoms with Gasteiger partial charge in [-0.1, -0.05) is 6.07 Å². The highest BCUT2D eigenvalue weighted by Gasteiger charge is 2.15. The number of pyridine rings is 1. The van der Waals surface area contributed by atoms with E-state index in [4.69, 9.17) is 5.11 Å². The first kappa shape index (κ1) is 8.86. The highest BCUT2D eigenvalue weighted by atomic mass is 79.9. The third kappa shape index (κ3) is 1.88. The van der Waals surface area contributed by atoms with Gasteiger partial charge in [-0.25, -0.2) is 9.78 Å². The van der Waals surface area contributed by atoms with Crippen molar-refractivity contribution in [2.24, 2.45) is 0 Å². The molecule has 0 bridgehead atoms. The first-order chi connectivity index (χ1) is 5.61. The van der Waals surface area contributed by atoms with E-state index in [0.29, 0.717) is 4.60 Å². The summed E-state index contributed by atoms with van der Waals surface area (Å²) >= 11 is 3.02. The average molecular weight is 230 g/mol. The molecule has 0 aliphatic rings. The maximum Gasteiger partial charge on any atom is 0.378 e. The molecule has 1 rings (SSSR count). The predicted octanol–water partition coefficient (Wildman–Crippen LogP) is 1.11. The summed E-state index contributed by atoms with van der Waals surface area (Å²) in [5, 5.41) is 8.32. The van der Waals surface area contributed by atoms with E-state index in [1.807, 2.05) is 0 Å². The third-order valence-electron chi connectivity index (χ3n) is 1.14. The zero-order valence-electron chi connectivity index (χ0n) is 5.82. The molecular weight excluding hydrogens is 226 g/mol. The minimum absolute atomic E-state index is 0.0723. The number of carboxylic acid groups (broad SMARTS) is 1. The monoisotopic (exact) mass is 229 g/mol. The number of aliphatic carboxylic acids is 1. The predicted molar refractivity (Wildman–Crippen MR) is 43.9 cm³/mol. The van der Waals surface area contributed by atoms with Gasteiger partial charge in [-0.15, -0.1) is 0 Å². The van der Waals surface area contributed by atoms with Gasteiger partial charge < -0.3 is 5.11 Å². The van der Waals surface area contributed by atoms with Crippen LogP contribution >= 0.6 is 15.9 Å². The highest BCUT2D eigenvalue weighted by molar-refractivity contribution is 9.10. The van der Waals surface area contributed by atoms with Gasteiger partial charge >= 0.3 is 5.97 Å². The van der Waals surface area contributed by atoms with Crippen LogP contribution in [0.2, 0.25) is 0 Å². The number of Topliss-reactive ketones (excluding diaryl/α,β-unsaturated/α-hetero) is 1. The number of hydrogen-bond donors (Lipinski definition) is 1. The first-order valence-corrected chi connectivity index (χ1v) is 3.81. The van der Waals surface area contributed by atoms with Crippen molar-refractivity contribution in [3.63, 3.8) is 0 Å². The molecular formula is C7H4BrNO3. The summed E-state index contributed by atoms with van der Waals surface area (Å²) < 4.78 is 0.439. The Bertz CT molecular complexity index is 337. The molecule has 0 aromatic carbocycles. The Hall–Kier alpha value is -1.23. The van der Waals surface area contributed by atoms with Crippen molar-refractivity contribution >= 4 is 27.7 Å². The number of carbonyl (C=O) groups excluding carboxylic acids is 1. The van der Waals surface area contributed by atoms with Gasteiger partial charge in [0.2, 0.25) is 0 Å². The maximum absolute atomic E-state index is 10.8. The lowest BCUT2D eigenvalue weighted by atomic mass is 10.2. The van der Waals surface area contributed by atoms with Crippen LogP contribution in [0.5, 0.6) is 0 Å². The summed E-state index contributed by atoms with van der Waals surface area (Å²) in [4.78, 5) is 24.7. The Morgan fingerprint density at radius 1 is 1.42 bits per heavy atom. The molecule has 0 aliphatic carbocycles. The summed E-state index contributed by atoms with van der Waals surface area (Å²) in [6.07, 6.45) is 0. The lowest BCUT2D eigenvalue weighted by Crippen LogP contribution is -2.14. The SMILES string of the molecule is O=C(O)C(=O)c1cccc(Br)n1. The van der Waals surface area contributed by atoms with Crippen LogP contribution in [0.3, 0.4) is 0 Å². The number of rotatable bonds is 2. The van der Waals surface area contributed by atoms with Crippen molar-refractivity contribution in [2.75, 3.05) is 0 Å². The lowest BCUT2D eigenvalue weighted by Gasteiger charge is -1.94. The van der Waals surface area contributed by atoms with Crippen LogP contribution in [0.1, 0.15) is 10.5 Å². The molecule has 0 atom stereocenters. The number of hydrogen-bond acceptors (Lipinski definition) is 3. The van der Waals surface area contributed by atoms with E-state index < -0.39 is 11.8 Å². The van der Waals surface area contributed by atoms with E-state index >= 15 is 0 Å². The van der Waals surface area contributed by atoms with E-state index in [0.717, 1.165) is 0 Å². The Labute approximate surface area is 76.4 Å². The van der Waals surface area contributed by atoms with Crippen molar-refractivity contribution in [3.05, 3.63) is 28.5 Å². The molecule has 1 aromatic heterocycles. The summed E-state index contributed by atoms with van der Waals surface area (Å²) in [5.41, 5.74) is -0.0723. The summed E-state index contributed by atoms with van der Waals surface area (Å²) in [7, 11) is 0. The van der Waals surface area contributed by atoms with Gasteiger partial charge in [-0.3, -0.25) is 4.79 Å². The standard InChI is InChI=1S/C7H4BrNO3/c8-5-3-1-2-4(9-5)6(10)7(11)12/h1-3H,(H,11,12). The minimum atomic E-state index is -1.50. The quantitative estimate of drug-likeness (QED) is 0.469. The van der Waals surface area contributed by atoms with Crippen molar-refractivity contribution < 1.29 is 14.7 Å². The molecule has 0 fully saturated rings. The Morgan fingerprint density at radius 2 is 2.08 bits per heavy atom. The normalized spacial score (nSPS) is 9.42. The number of nitrogens with zero attached hydrogens (tertiary/aromatic N) is 1. The van der Waals surface area contributed by atoms with E-state index in [1.165, 1.54) is 6.07 Å². The highest BCUT2D eigenvalue weighted by Crippen LogP contribution is 2.06. The van der Waals surface area contributed by atoms with Crippen LogP contribution in [0, 0.1) is 0 Å². The average Bonchev–Trinajstić information content (AvgIpc) is 2.03. The van der Waals surface area contributed by atoms with Crippen LogP contribution in [0.15, 0.2) is 22.8 Å². The van der Waals surface area contributed by atoms with Gasteiger partial charge in [-0.2, -0.15) is 0 Å².